The van der Waals surface area contributed by atoms with Gasteiger partial charge in [-0.15, -0.1) is 0 Å². The summed E-state index contributed by atoms with van der Waals surface area (Å²) in [6, 6.07) is 50.3. The molecule has 2 aromatic heterocycles. The van der Waals surface area contributed by atoms with Gasteiger partial charge in [0, 0.05) is 0 Å². The van der Waals surface area contributed by atoms with Crippen molar-refractivity contribution in [2.45, 2.75) is 287 Å². The first-order valence-corrected chi connectivity index (χ1v) is 43.9. The number of hydrogen-bond donors (Lipinski definition) is 2. The summed E-state index contributed by atoms with van der Waals surface area (Å²) < 4.78 is 20.8. The predicted octanol–water partition coefficient (Wildman–Crippen LogP) is 27.6. The molecule has 0 atom stereocenters. The van der Waals surface area contributed by atoms with Gasteiger partial charge in [0.05, 0.1) is 0 Å². The number of hydrogen-bond acceptors (Lipinski definition) is 4. The molecule has 0 bridgehead atoms. The van der Waals surface area contributed by atoms with Gasteiger partial charge in [0.2, 0.25) is 0 Å². The number of benzene rings is 8. The molecule has 0 aliphatic carbocycles. The van der Waals surface area contributed by atoms with Crippen molar-refractivity contribution in [1.82, 2.24) is 9.13 Å². The first-order chi connectivity index (χ1) is 47.0. The van der Waals surface area contributed by atoms with Gasteiger partial charge in [-0.1, -0.05) is 95.2 Å². The van der Waals surface area contributed by atoms with Crippen LogP contribution in [-0.2, 0) is 43.3 Å². The minimum atomic E-state index is -3.42. The summed E-state index contributed by atoms with van der Waals surface area (Å²) >= 11 is -3.42. The Labute approximate surface area is 625 Å². The van der Waals surface area contributed by atoms with Crippen LogP contribution in [0.5, 0.6) is 23.0 Å². The number of ether oxygens (including phenoxy) is 2. The maximum absolute atomic E-state index is 13.8. The molecule has 2 N–H and O–H groups in total. The standard InChI is InChI=1S/C96H130GeN2O4/c1-59(2)97(60(3)4,57-102-83-43-39-63(90(14,15)16)45-74(83)75-47-68(96(31,32)56-88(8,9)10)52-82(86(75)101)98-77-48-64(91(17,18)19)36-40-69(77)70-41-37-65(49-78(70)98)92(20,21)22)58-103-84-53-73-71-42-38-66(93(23,24)25)50-79(71)99(80(73)54-76(84)94(26,27)28)81-51-67(95(29,30)55-87(5,6)7)46-72(85(81)100)61-34-33-35-62(44-61)89(11,12)13/h33-54,59-60,100-101H,55-58H2,1-32H3. The van der Waals surface area contributed by atoms with Crippen molar-refractivity contribution in [3.8, 4) is 56.6 Å². The predicted molar refractivity (Wildman–Crippen MR) is 449 cm³/mol. The molecule has 0 amide bonds. The molecule has 0 spiro atoms. The van der Waals surface area contributed by atoms with Crippen LogP contribution < -0.4 is 9.47 Å². The molecular weight excluding hydrogens is 1320 g/mol. The Bertz CT molecular complexity index is 4770. The Morgan fingerprint density at radius 1 is 0.330 bits per heavy atom. The molecule has 7 heteroatoms. The van der Waals surface area contributed by atoms with E-state index in [0.717, 1.165) is 113 Å². The van der Waals surface area contributed by atoms with Crippen molar-refractivity contribution in [1.29, 1.82) is 0 Å². The summed E-state index contributed by atoms with van der Waals surface area (Å²) in [7, 11) is 0. The van der Waals surface area contributed by atoms with Crippen molar-refractivity contribution in [2.24, 2.45) is 10.8 Å². The minimum absolute atomic E-state index is 0.0162. The van der Waals surface area contributed by atoms with E-state index in [1.807, 2.05) is 0 Å². The van der Waals surface area contributed by atoms with Crippen LogP contribution in [0.3, 0.4) is 0 Å². The first-order valence-electron chi connectivity index (χ1n) is 38.5. The quantitative estimate of drug-likeness (QED) is 0.0946. The van der Waals surface area contributed by atoms with Gasteiger partial charge < -0.3 is 0 Å². The Morgan fingerprint density at radius 3 is 1.08 bits per heavy atom. The second-order valence-electron chi connectivity index (χ2n) is 41.7. The second-order valence-corrected chi connectivity index (χ2v) is 52.9. The van der Waals surface area contributed by atoms with E-state index >= 15 is 0 Å². The zero-order valence-corrected chi connectivity index (χ0v) is 71.9. The van der Waals surface area contributed by atoms with E-state index in [-0.39, 0.29) is 65.6 Å². The zero-order valence-electron chi connectivity index (χ0n) is 69.8. The van der Waals surface area contributed by atoms with Crippen LogP contribution in [0.25, 0.3) is 77.2 Å². The van der Waals surface area contributed by atoms with Gasteiger partial charge in [-0.25, -0.2) is 0 Å². The SMILES string of the molecule is C[CH](C)[Ge]([CH2]Oc1ccc(C(C)(C)C)cc1-c1cc(C(C)(C)CC(C)(C)C)cc(-n2c3cc(C(C)(C)C)ccc3c3ccc(C(C)(C)C)cc32)c1O)([CH2]Oc1cc2c3ccc(C(C)(C)C)cc3n(-c3cc(C(C)(C)CC(C)(C)C)cc(-c4cccc(C(C)(C)C)c4)c3O)c2cc1C(C)(C)C)[CH](C)C. The Kier molecular flexibility index (Phi) is 20.5. The van der Waals surface area contributed by atoms with Gasteiger partial charge in [0.15, 0.2) is 0 Å². The Balaban J connectivity index is 1.16. The van der Waals surface area contributed by atoms with Crippen molar-refractivity contribution >= 4 is 56.9 Å². The number of nitrogens with zero attached hydrogens (tertiary/aromatic N) is 2. The van der Waals surface area contributed by atoms with E-state index in [1.165, 1.54) is 33.4 Å². The average molecular weight is 1450 g/mol. The van der Waals surface area contributed by atoms with Crippen LogP contribution in [0.2, 0.25) is 9.50 Å². The van der Waals surface area contributed by atoms with Gasteiger partial charge in [-0.3, -0.25) is 0 Å². The van der Waals surface area contributed by atoms with E-state index in [4.69, 9.17) is 9.47 Å². The topological polar surface area (TPSA) is 68.8 Å². The van der Waals surface area contributed by atoms with E-state index in [2.05, 4.69) is 364 Å². The molecule has 0 saturated heterocycles. The van der Waals surface area contributed by atoms with Gasteiger partial charge in [-0.2, -0.15) is 0 Å². The number of phenols is 2. The Morgan fingerprint density at radius 2 is 0.680 bits per heavy atom. The summed E-state index contributed by atoms with van der Waals surface area (Å²) in [5.41, 5.74) is 18.5. The van der Waals surface area contributed by atoms with Crippen molar-refractivity contribution in [3.05, 3.63) is 178 Å². The van der Waals surface area contributed by atoms with E-state index in [1.54, 1.807) is 0 Å². The molecule has 6 nitrogen and oxygen atoms in total. The van der Waals surface area contributed by atoms with Crippen LogP contribution >= 0.6 is 0 Å². The number of phenolic OH excluding ortho intramolecular Hbond substituents is 2. The molecule has 0 fully saturated rings. The Hall–Kier alpha value is -6.90. The summed E-state index contributed by atoms with van der Waals surface area (Å²) in [5.74, 6) is 2.15. The van der Waals surface area contributed by atoms with Crippen LogP contribution in [0.15, 0.2) is 133 Å². The summed E-state index contributed by atoms with van der Waals surface area (Å²) in [6.45, 7) is 74.2. The van der Waals surface area contributed by atoms with Gasteiger partial charge in [0.25, 0.3) is 0 Å². The number of aromatic nitrogens is 2. The average Bonchev–Trinajstić information content (AvgIpc) is 1.60. The van der Waals surface area contributed by atoms with Crippen molar-refractivity contribution in [2.75, 3.05) is 10.9 Å². The van der Waals surface area contributed by atoms with Gasteiger partial charge >= 0.3 is 518 Å². The molecule has 10 aromatic rings. The van der Waals surface area contributed by atoms with Crippen LogP contribution in [0.4, 0.5) is 0 Å². The molecule has 103 heavy (non-hydrogen) atoms. The summed E-state index contributed by atoms with van der Waals surface area (Å²) in [6.07, 6.45) is 1.88. The second kappa shape index (κ2) is 26.9. The van der Waals surface area contributed by atoms with E-state index in [9.17, 15) is 10.2 Å². The molecule has 2 heterocycles. The molecule has 0 aliphatic heterocycles. The normalized spacial score (nSPS) is 13.8. The number of rotatable bonds is 16. The number of aromatic hydroxyl groups is 2. The molecule has 0 saturated carbocycles. The molecule has 0 aliphatic rings. The van der Waals surface area contributed by atoms with Gasteiger partial charge in [0.1, 0.15) is 0 Å². The van der Waals surface area contributed by atoms with Crippen LogP contribution in [0, 0.1) is 10.8 Å². The number of fused-ring (bicyclic) bond motifs is 6. The van der Waals surface area contributed by atoms with Crippen molar-refractivity contribution < 1.29 is 19.7 Å². The summed E-state index contributed by atoms with van der Waals surface area (Å²) in [4.78, 5) is 0. The molecule has 10 rings (SSSR count). The third kappa shape index (κ3) is 16.0. The first kappa shape index (κ1) is 78.7. The maximum atomic E-state index is 13.8. The zero-order chi connectivity index (χ0) is 76.6. The third-order valence-corrected chi connectivity index (χ3v) is 35.2. The molecule has 0 radical (unpaired) electrons. The fourth-order valence-electron chi connectivity index (χ4n) is 16.6. The fraction of sp³-hybridized carbons (Fsp3) is 0.500. The molecule has 552 valence electrons. The fourth-order valence-corrected chi connectivity index (χ4v) is 24.2. The van der Waals surface area contributed by atoms with E-state index in [0.29, 0.717) is 20.4 Å². The molecule has 0 unspecified atom stereocenters. The van der Waals surface area contributed by atoms with Crippen molar-refractivity contribution in [3.63, 3.8) is 0 Å². The van der Waals surface area contributed by atoms with Crippen LogP contribution in [0.1, 0.15) is 279 Å². The third-order valence-electron chi connectivity index (χ3n) is 22.7. The van der Waals surface area contributed by atoms with Crippen LogP contribution in [-0.4, -0.2) is 43.5 Å². The molecule has 8 aromatic carbocycles. The van der Waals surface area contributed by atoms with E-state index < -0.39 is 13.3 Å². The van der Waals surface area contributed by atoms with Gasteiger partial charge in [-0.05, 0) is 16.4 Å². The molecular formula is C96H130GeN2O4. The summed E-state index contributed by atoms with van der Waals surface area (Å²) in [5, 5.41) is 31.6. The monoisotopic (exact) mass is 1450 g/mol.